The van der Waals surface area contributed by atoms with Crippen molar-refractivity contribution in [2.24, 2.45) is 0 Å². The summed E-state index contributed by atoms with van der Waals surface area (Å²) in [6.45, 7) is 4.21. The SMILES string of the molecule is O=C(CSc1nc2ccccc2s1)N1CCN(Cc2ccccn2)CC1. The number of piperazine rings is 1. The molecule has 26 heavy (non-hydrogen) atoms. The molecule has 0 saturated carbocycles. The van der Waals surface area contributed by atoms with Gasteiger partial charge in [-0.15, -0.1) is 11.3 Å². The third-order valence-electron chi connectivity index (χ3n) is 4.43. The van der Waals surface area contributed by atoms with E-state index in [9.17, 15) is 4.79 Å². The van der Waals surface area contributed by atoms with Gasteiger partial charge in [0, 0.05) is 38.9 Å². The number of carbonyl (C=O) groups excluding carboxylic acids is 1. The van der Waals surface area contributed by atoms with E-state index < -0.39 is 0 Å². The fourth-order valence-electron chi connectivity index (χ4n) is 3.00. The van der Waals surface area contributed by atoms with Gasteiger partial charge in [0.1, 0.15) is 0 Å². The third-order valence-corrected chi connectivity index (χ3v) is 6.59. The summed E-state index contributed by atoms with van der Waals surface area (Å²) in [6, 6.07) is 14.1. The number of thiazole rings is 1. The molecule has 1 aliphatic heterocycles. The topological polar surface area (TPSA) is 49.3 Å². The van der Waals surface area contributed by atoms with Crippen LogP contribution in [0.25, 0.3) is 10.2 Å². The number of carbonyl (C=O) groups is 1. The molecule has 1 amide bonds. The van der Waals surface area contributed by atoms with Crippen LogP contribution in [0.2, 0.25) is 0 Å². The summed E-state index contributed by atoms with van der Waals surface area (Å²) in [5.74, 6) is 0.659. The van der Waals surface area contributed by atoms with E-state index in [0.29, 0.717) is 5.75 Å². The zero-order valence-electron chi connectivity index (χ0n) is 14.4. The lowest BCUT2D eigenvalue weighted by Crippen LogP contribution is -2.48. The van der Waals surface area contributed by atoms with Gasteiger partial charge < -0.3 is 4.90 Å². The maximum atomic E-state index is 12.5. The minimum absolute atomic E-state index is 0.201. The maximum Gasteiger partial charge on any atom is 0.233 e. The van der Waals surface area contributed by atoms with Crippen LogP contribution in [0, 0.1) is 0 Å². The molecule has 0 N–H and O–H groups in total. The number of aromatic nitrogens is 2. The zero-order valence-corrected chi connectivity index (χ0v) is 16.0. The van der Waals surface area contributed by atoms with Gasteiger partial charge in [-0.05, 0) is 24.3 Å². The highest BCUT2D eigenvalue weighted by molar-refractivity contribution is 8.01. The fourth-order valence-corrected chi connectivity index (χ4v) is 4.97. The second-order valence-electron chi connectivity index (χ2n) is 6.21. The number of nitrogens with zero attached hydrogens (tertiary/aromatic N) is 4. The predicted molar refractivity (Wildman–Crippen MR) is 106 cm³/mol. The minimum Gasteiger partial charge on any atom is -0.339 e. The Morgan fingerprint density at radius 2 is 1.88 bits per heavy atom. The molecule has 1 fully saturated rings. The number of hydrogen-bond donors (Lipinski definition) is 0. The predicted octanol–water partition coefficient (Wildman–Crippen LogP) is 3.13. The van der Waals surface area contributed by atoms with Crippen molar-refractivity contribution in [1.29, 1.82) is 0 Å². The van der Waals surface area contributed by atoms with Crippen molar-refractivity contribution in [2.75, 3.05) is 31.9 Å². The Morgan fingerprint density at radius 1 is 1.08 bits per heavy atom. The first kappa shape index (κ1) is 17.5. The Labute approximate surface area is 161 Å². The van der Waals surface area contributed by atoms with E-state index in [1.807, 2.05) is 47.5 Å². The molecular weight excluding hydrogens is 364 g/mol. The van der Waals surface area contributed by atoms with Gasteiger partial charge in [-0.2, -0.15) is 0 Å². The van der Waals surface area contributed by atoms with Gasteiger partial charge in [0.25, 0.3) is 0 Å². The van der Waals surface area contributed by atoms with Crippen molar-refractivity contribution < 1.29 is 4.79 Å². The number of rotatable bonds is 5. The average molecular weight is 385 g/mol. The van der Waals surface area contributed by atoms with Crippen LogP contribution < -0.4 is 0 Å². The van der Waals surface area contributed by atoms with Gasteiger partial charge in [0.05, 0.1) is 21.7 Å². The molecule has 0 bridgehead atoms. The van der Waals surface area contributed by atoms with Crippen molar-refractivity contribution in [2.45, 2.75) is 10.9 Å². The number of amides is 1. The molecule has 0 radical (unpaired) electrons. The Kier molecular flexibility index (Phi) is 5.48. The smallest absolute Gasteiger partial charge is 0.233 e. The van der Waals surface area contributed by atoms with Gasteiger partial charge >= 0.3 is 0 Å². The molecule has 0 spiro atoms. The van der Waals surface area contributed by atoms with Crippen LogP contribution in [0.1, 0.15) is 5.69 Å². The Hall–Kier alpha value is -1.96. The first-order chi connectivity index (χ1) is 12.8. The van der Waals surface area contributed by atoms with Crippen molar-refractivity contribution in [3.63, 3.8) is 0 Å². The number of pyridine rings is 1. The summed E-state index contributed by atoms with van der Waals surface area (Å²) >= 11 is 3.20. The van der Waals surface area contributed by atoms with Crippen LogP contribution in [0.4, 0.5) is 0 Å². The van der Waals surface area contributed by atoms with Crippen LogP contribution in [0.3, 0.4) is 0 Å². The summed E-state index contributed by atoms with van der Waals surface area (Å²) in [5, 5.41) is 0. The van der Waals surface area contributed by atoms with Crippen molar-refractivity contribution in [1.82, 2.24) is 19.8 Å². The highest BCUT2D eigenvalue weighted by atomic mass is 32.2. The molecular formula is C19H20N4OS2. The first-order valence-electron chi connectivity index (χ1n) is 8.66. The van der Waals surface area contributed by atoms with E-state index in [2.05, 4.69) is 20.9 Å². The molecule has 134 valence electrons. The number of benzene rings is 1. The Bertz CT molecular complexity index is 842. The van der Waals surface area contributed by atoms with E-state index >= 15 is 0 Å². The van der Waals surface area contributed by atoms with Gasteiger partial charge in [-0.3, -0.25) is 14.7 Å². The maximum absolute atomic E-state index is 12.5. The standard InChI is InChI=1S/C19H20N4OS2/c24-18(14-25-19-21-16-6-1-2-7-17(16)26-19)23-11-9-22(10-12-23)13-15-5-3-4-8-20-15/h1-8H,9-14H2. The van der Waals surface area contributed by atoms with Crippen LogP contribution >= 0.6 is 23.1 Å². The number of fused-ring (bicyclic) bond motifs is 1. The second kappa shape index (κ2) is 8.16. The Morgan fingerprint density at radius 3 is 2.65 bits per heavy atom. The molecule has 5 nitrogen and oxygen atoms in total. The number of para-hydroxylation sites is 1. The lowest BCUT2D eigenvalue weighted by Gasteiger charge is -2.34. The Balaban J connectivity index is 1.25. The average Bonchev–Trinajstić information content (AvgIpc) is 3.10. The van der Waals surface area contributed by atoms with E-state index in [-0.39, 0.29) is 5.91 Å². The molecule has 1 aromatic carbocycles. The van der Waals surface area contributed by atoms with Crippen LogP contribution in [0.15, 0.2) is 53.0 Å². The lowest BCUT2D eigenvalue weighted by atomic mass is 10.2. The largest absolute Gasteiger partial charge is 0.339 e. The highest BCUT2D eigenvalue weighted by Gasteiger charge is 2.21. The zero-order chi connectivity index (χ0) is 17.8. The van der Waals surface area contributed by atoms with Crippen molar-refractivity contribution >= 4 is 39.2 Å². The second-order valence-corrected chi connectivity index (χ2v) is 8.47. The summed E-state index contributed by atoms with van der Waals surface area (Å²) in [4.78, 5) is 25.8. The molecule has 0 aliphatic carbocycles. The molecule has 0 unspecified atom stereocenters. The van der Waals surface area contributed by atoms with E-state index in [1.165, 1.54) is 4.70 Å². The van der Waals surface area contributed by atoms with Crippen LogP contribution in [0.5, 0.6) is 0 Å². The molecule has 1 aliphatic rings. The van der Waals surface area contributed by atoms with E-state index in [1.54, 1.807) is 23.1 Å². The van der Waals surface area contributed by atoms with E-state index in [4.69, 9.17) is 0 Å². The van der Waals surface area contributed by atoms with Gasteiger partial charge in [0.2, 0.25) is 5.91 Å². The van der Waals surface area contributed by atoms with Crippen LogP contribution in [-0.4, -0.2) is 57.6 Å². The van der Waals surface area contributed by atoms with Gasteiger partial charge in [0.15, 0.2) is 4.34 Å². The van der Waals surface area contributed by atoms with E-state index in [0.717, 1.165) is 48.3 Å². The lowest BCUT2D eigenvalue weighted by molar-refractivity contribution is -0.130. The molecule has 3 aromatic rings. The summed E-state index contributed by atoms with van der Waals surface area (Å²) in [5.41, 5.74) is 2.09. The molecule has 1 saturated heterocycles. The van der Waals surface area contributed by atoms with Crippen LogP contribution in [-0.2, 0) is 11.3 Å². The molecule has 0 atom stereocenters. The number of hydrogen-bond acceptors (Lipinski definition) is 6. The summed E-state index contributed by atoms with van der Waals surface area (Å²) < 4.78 is 2.14. The van der Waals surface area contributed by atoms with Gasteiger partial charge in [-0.25, -0.2) is 4.98 Å². The molecule has 3 heterocycles. The first-order valence-corrected chi connectivity index (χ1v) is 10.5. The monoisotopic (exact) mass is 384 g/mol. The quantitative estimate of drug-likeness (QED) is 0.633. The normalized spacial score (nSPS) is 15.5. The van der Waals surface area contributed by atoms with Gasteiger partial charge in [-0.1, -0.05) is 30.0 Å². The molecule has 2 aromatic heterocycles. The third kappa shape index (κ3) is 4.23. The fraction of sp³-hybridized carbons (Fsp3) is 0.316. The summed E-state index contributed by atoms with van der Waals surface area (Å²) in [6.07, 6.45) is 1.83. The molecule has 4 rings (SSSR count). The van der Waals surface area contributed by atoms with Crippen molar-refractivity contribution in [3.8, 4) is 0 Å². The highest BCUT2D eigenvalue weighted by Crippen LogP contribution is 2.29. The summed E-state index contributed by atoms with van der Waals surface area (Å²) in [7, 11) is 0. The number of thioether (sulfide) groups is 1. The molecule has 7 heteroatoms. The van der Waals surface area contributed by atoms with Crippen molar-refractivity contribution in [3.05, 3.63) is 54.4 Å². The minimum atomic E-state index is 0.201.